The van der Waals surface area contributed by atoms with Gasteiger partial charge >= 0.3 is 5.97 Å². The van der Waals surface area contributed by atoms with Gasteiger partial charge in [-0.3, -0.25) is 4.79 Å². The van der Waals surface area contributed by atoms with Gasteiger partial charge in [0.05, 0.1) is 6.57 Å². The van der Waals surface area contributed by atoms with Gasteiger partial charge in [-0.05, 0) is 23.8 Å². The van der Waals surface area contributed by atoms with E-state index in [1.54, 1.807) is 12.2 Å². The molecular weight excluding hydrogens is 266 g/mol. The van der Waals surface area contributed by atoms with Crippen molar-refractivity contribution in [2.75, 3.05) is 31.1 Å². The van der Waals surface area contributed by atoms with Crippen LogP contribution in [-0.2, 0) is 4.79 Å². The standard InChI is InChI=1S/C16H17N3O2/c1-17-15(16(20)21)4-2-3-13-5-7-14(8-6-13)19-11-9-18-10-12-19/h2-8,18H,9-12H2,(H,20,21). The van der Waals surface area contributed by atoms with Crippen LogP contribution >= 0.6 is 0 Å². The number of nitrogens with one attached hydrogen (secondary N) is 1. The Kier molecular flexibility index (Phi) is 5.13. The minimum absolute atomic E-state index is 0.288. The summed E-state index contributed by atoms with van der Waals surface area (Å²) in [5.41, 5.74) is 1.88. The fourth-order valence-electron chi connectivity index (χ4n) is 2.13. The first-order chi connectivity index (χ1) is 10.2. The van der Waals surface area contributed by atoms with Crippen LogP contribution in [0.2, 0.25) is 0 Å². The molecule has 0 spiro atoms. The second-order valence-electron chi connectivity index (χ2n) is 4.66. The summed E-state index contributed by atoms with van der Waals surface area (Å²) < 4.78 is 0. The number of piperazine rings is 1. The van der Waals surface area contributed by atoms with E-state index in [1.807, 2.05) is 12.1 Å². The molecule has 5 heteroatoms. The van der Waals surface area contributed by atoms with Gasteiger partial charge in [0.15, 0.2) is 0 Å². The topological polar surface area (TPSA) is 56.9 Å². The zero-order chi connectivity index (χ0) is 15.1. The molecule has 0 saturated carbocycles. The van der Waals surface area contributed by atoms with Crippen LogP contribution in [0.15, 0.2) is 42.1 Å². The Balaban J connectivity index is 2.02. The Morgan fingerprint density at radius 1 is 1.29 bits per heavy atom. The van der Waals surface area contributed by atoms with Crippen LogP contribution in [0.4, 0.5) is 5.69 Å². The van der Waals surface area contributed by atoms with Gasteiger partial charge in [-0.15, -0.1) is 0 Å². The van der Waals surface area contributed by atoms with Crippen LogP contribution in [0, 0.1) is 6.57 Å². The van der Waals surface area contributed by atoms with Gasteiger partial charge in [0.1, 0.15) is 0 Å². The second kappa shape index (κ2) is 7.27. The number of allylic oxidation sites excluding steroid dienone is 2. The Hall–Kier alpha value is -2.58. The first kappa shape index (κ1) is 14.8. The van der Waals surface area contributed by atoms with Gasteiger partial charge in [0.2, 0.25) is 0 Å². The van der Waals surface area contributed by atoms with Gasteiger partial charge in [0, 0.05) is 31.9 Å². The molecule has 1 aliphatic heterocycles. The number of hydrogen-bond acceptors (Lipinski definition) is 3. The average Bonchev–Trinajstić information content (AvgIpc) is 2.53. The highest BCUT2D eigenvalue weighted by Gasteiger charge is 2.09. The van der Waals surface area contributed by atoms with Crippen LogP contribution in [0.25, 0.3) is 10.9 Å². The molecule has 1 aromatic rings. The highest BCUT2D eigenvalue weighted by molar-refractivity contribution is 5.89. The SMILES string of the molecule is [C-]#[N+]C(=CC=Cc1ccc(N2CCNCC2)cc1)C(=O)O. The van der Waals surface area contributed by atoms with Gasteiger partial charge in [-0.1, -0.05) is 24.3 Å². The van der Waals surface area contributed by atoms with Crippen molar-refractivity contribution in [2.24, 2.45) is 0 Å². The summed E-state index contributed by atoms with van der Waals surface area (Å²) in [5, 5.41) is 12.0. The van der Waals surface area contributed by atoms with Gasteiger partial charge < -0.3 is 15.3 Å². The highest BCUT2D eigenvalue weighted by Crippen LogP contribution is 2.16. The first-order valence-corrected chi connectivity index (χ1v) is 6.75. The van der Waals surface area contributed by atoms with E-state index >= 15 is 0 Å². The summed E-state index contributed by atoms with van der Waals surface area (Å²) in [6.07, 6.45) is 4.68. The number of aliphatic carboxylic acids is 1. The van der Waals surface area contributed by atoms with Gasteiger partial charge in [-0.25, -0.2) is 4.85 Å². The summed E-state index contributed by atoms with van der Waals surface area (Å²) in [4.78, 5) is 15.9. The fourth-order valence-corrected chi connectivity index (χ4v) is 2.13. The lowest BCUT2D eigenvalue weighted by molar-refractivity contribution is -0.132. The molecule has 1 aromatic carbocycles. The molecule has 1 fully saturated rings. The Morgan fingerprint density at radius 3 is 2.52 bits per heavy atom. The third-order valence-corrected chi connectivity index (χ3v) is 3.26. The third kappa shape index (κ3) is 4.20. The normalized spacial score (nSPS) is 16.0. The molecule has 0 aromatic heterocycles. The largest absolute Gasteiger partial charge is 0.486 e. The van der Waals surface area contributed by atoms with Crippen LogP contribution in [-0.4, -0.2) is 37.3 Å². The molecule has 2 rings (SSSR count). The van der Waals surface area contributed by atoms with Gasteiger partial charge in [-0.2, -0.15) is 0 Å². The van der Waals surface area contributed by atoms with Crippen LogP contribution < -0.4 is 10.2 Å². The monoisotopic (exact) mass is 283 g/mol. The predicted molar refractivity (Wildman–Crippen MR) is 82.9 cm³/mol. The molecule has 0 amide bonds. The Morgan fingerprint density at radius 2 is 1.95 bits per heavy atom. The number of hydrogen-bond donors (Lipinski definition) is 2. The highest BCUT2D eigenvalue weighted by atomic mass is 16.4. The molecule has 2 N–H and O–H groups in total. The lowest BCUT2D eigenvalue weighted by Gasteiger charge is -2.29. The molecular formula is C16H17N3O2. The van der Waals surface area contributed by atoms with Crippen LogP contribution in [0.1, 0.15) is 5.56 Å². The van der Waals surface area contributed by atoms with Crippen LogP contribution in [0.5, 0.6) is 0 Å². The van der Waals surface area contributed by atoms with Gasteiger partial charge in [0.25, 0.3) is 5.70 Å². The van der Waals surface area contributed by atoms with E-state index < -0.39 is 5.97 Å². The van der Waals surface area contributed by atoms with E-state index in [4.69, 9.17) is 11.7 Å². The number of anilines is 1. The average molecular weight is 283 g/mol. The maximum atomic E-state index is 10.7. The minimum Gasteiger partial charge on any atom is -0.486 e. The molecule has 1 saturated heterocycles. The van der Waals surface area contributed by atoms with E-state index in [9.17, 15) is 4.79 Å². The van der Waals surface area contributed by atoms with Crippen molar-refractivity contribution in [3.63, 3.8) is 0 Å². The van der Waals surface area contributed by atoms with E-state index in [0.29, 0.717) is 0 Å². The molecule has 0 atom stereocenters. The molecule has 1 heterocycles. The van der Waals surface area contributed by atoms with Crippen molar-refractivity contribution in [2.45, 2.75) is 0 Å². The summed E-state index contributed by atoms with van der Waals surface area (Å²) >= 11 is 0. The van der Waals surface area contributed by atoms with E-state index in [1.165, 1.54) is 11.8 Å². The lowest BCUT2D eigenvalue weighted by Crippen LogP contribution is -2.43. The number of rotatable bonds is 4. The smallest absolute Gasteiger partial charge is 0.333 e. The zero-order valence-corrected chi connectivity index (χ0v) is 11.6. The third-order valence-electron chi connectivity index (χ3n) is 3.26. The van der Waals surface area contributed by atoms with Crippen molar-refractivity contribution in [3.05, 3.63) is 59.1 Å². The summed E-state index contributed by atoms with van der Waals surface area (Å²) in [6, 6.07) is 8.09. The van der Waals surface area contributed by atoms with Crippen molar-refractivity contribution >= 4 is 17.7 Å². The van der Waals surface area contributed by atoms with E-state index in [2.05, 4.69) is 27.2 Å². The molecule has 108 valence electrons. The van der Waals surface area contributed by atoms with Crippen molar-refractivity contribution in [3.8, 4) is 0 Å². The number of carboxylic acids is 1. The second-order valence-corrected chi connectivity index (χ2v) is 4.66. The number of carboxylic acid groups (broad SMARTS) is 1. The summed E-state index contributed by atoms with van der Waals surface area (Å²) in [5.74, 6) is -1.20. The molecule has 1 aliphatic rings. The lowest BCUT2D eigenvalue weighted by atomic mass is 10.1. The summed E-state index contributed by atoms with van der Waals surface area (Å²) in [6.45, 7) is 10.8. The maximum Gasteiger partial charge on any atom is 0.333 e. The zero-order valence-electron chi connectivity index (χ0n) is 11.6. The number of benzene rings is 1. The Bertz CT molecular complexity index is 591. The van der Waals surface area contributed by atoms with Crippen molar-refractivity contribution < 1.29 is 9.90 Å². The Labute approximate surface area is 124 Å². The fraction of sp³-hybridized carbons (Fsp3) is 0.250. The van der Waals surface area contributed by atoms with Crippen molar-refractivity contribution in [1.29, 1.82) is 0 Å². The molecule has 0 radical (unpaired) electrons. The van der Waals surface area contributed by atoms with Crippen LogP contribution in [0.3, 0.4) is 0 Å². The number of nitrogens with zero attached hydrogens (tertiary/aromatic N) is 2. The molecule has 0 unspecified atom stereocenters. The molecule has 21 heavy (non-hydrogen) atoms. The molecule has 5 nitrogen and oxygen atoms in total. The van der Waals surface area contributed by atoms with Crippen molar-refractivity contribution in [1.82, 2.24) is 5.32 Å². The van der Waals surface area contributed by atoms with E-state index in [-0.39, 0.29) is 5.70 Å². The molecule has 0 aliphatic carbocycles. The minimum atomic E-state index is -1.20. The number of carbonyl (C=O) groups is 1. The predicted octanol–water partition coefficient (Wildman–Crippen LogP) is 2.00. The summed E-state index contributed by atoms with van der Waals surface area (Å²) in [7, 11) is 0. The quantitative estimate of drug-likeness (QED) is 0.504. The first-order valence-electron chi connectivity index (χ1n) is 6.75. The molecule has 0 bridgehead atoms. The van der Waals surface area contributed by atoms with E-state index in [0.717, 1.165) is 31.7 Å². The maximum absolute atomic E-state index is 10.7.